The molecule has 0 radical (unpaired) electrons. The Morgan fingerprint density at radius 3 is 2.61 bits per heavy atom. The third kappa shape index (κ3) is 6.59. The van der Waals surface area contributed by atoms with Crippen molar-refractivity contribution in [2.75, 3.05) is 6.61 Å². The van der Waals surface area contributed by atoms with E-state index in [1.54, 1.807) is 42.7 Å². The number of rotatable bonds is 10. The van der Waals surface area contributed by atoms with Gasteiger partial charge in [-0.3, -0.25) is 9.59 Å². The first-order chi connectivity index (χ1) is 19.9. The van der Waals surface area contributed by atoms with Gasteiger partial charge in [0.05, 0.1) is 35.8 Å². The number of hydrogen-bond donors (Lipinski definition) is 3. The van der Waals surface area contributed by atoms with Gasteiger partial charge in [0, 0.05) is 43.7 Å². The summed E-state index contributed by atoms with van der Waals surface area (Å²) < 4.78 is 21.3. The number of hydrogen-bond acceptors (Lipinski definition) is 6. The molecule has 2 amide bonds. The van der Waals surface area contributed by atoms with Crippen LogP contribution >= 0.6 is 0 Å². The van der Waals surface area contributed by atoms with E-state index in [1.807, 2.05) is 29.0 Å². The van der Waals surface area contributed by atoms with Gasteiger partial charge in [0.1, 0.15) is 17.6 Å². The summed E-state index contributed by atoms with van der Waals surface area (Å²) in [5.74, 6) is -1.09. The molecule has 1 aliphatic rings. The van der Waals surface area contributed by atoms with E-state index in [0.29, 0.717) is 48.6 Å². The van der Waals surface area contributed by atoms with Crippen LogP contribution in [0.3, 0.4) is 0 Å². The molecule has 4 aromatic rings. The minimum atomic E-state index is -0.974. The van der Waals surface area contributed by atoms with E-state index in [1.165, 1.54) is 12.1 Å². The Morgan fingerprint density at radius 2 is 1.88 bits per heavy atom. The molecule has 2 atom stereocenters. The number of fused-ring (bicyclic) bond motifs is 1. The van der Waals surface area contributed by atoms with E-state index in [-0.39, 0.29) is 18.3 Å². The highest BCUT2D eigenvalue weighted by atomic mass is 19.1. The van der Waals surface area contributed by atoms with Crippen LogP contribution in [0.5, 0.6) is 5.75 Å². The summed E-state index contributed by atoms with van der Waals surface area (Å²) in [5.41, 5.74) is 10.1. The van der Waals surface area contributed by atoms with Crippen LogP contribution in [0.25, 0.3) is 0 Å². The second kappa shape index (κ2) is 12.4. The van der Waals surface area contributed by atoms with Gasteiger partial charge in [-0.15, -0.1) is 0 Å². The monoisotopic (exact) mass is 552 g/mol. The Hall–Kier alpha value is -5.01. The largest absolute Gasteiger partial charge is 0.492 e. The average molecular weight is 553 g/mol. The first-order valence-electron chi connectivity index (χ1n) is 13.2. The van der Waals surface area contributed by atoms with Crippen LogP contribution in [0.15, 0.2) is 79.3 Å². The Bertz CT molecular complexity index is 1580. The second-order valence-electron chi connectivity index (χ2n) is 9.88. The van der Waals surface area contributed by atoms with Crippen molar-refractivity contribution >= 4 is 11.8 Å². The quantitative estimate of drug-likeness (QED) is 0.276. The summed E-state index contributed by atoms with van der Waals surface area (Å²) in [6.07, 6.45) is 4.43. The van der Waals surface area contributed by atoms with E-state index in [2.05, 4.69) is 21.7 Å². The Labute approximate surface area is 236 Å². The number of halogens is 1. The summed E-state index contributed by atoms with van der Waals surface area (Å²) in [7, 11) is 0. The molecule has 5 rings (SSSR count). The summed E-state index contributed by atoms with van der Waals surface area (Å²) in [6.45, 7) is 1.57. The third-order valence-electron chi connectivity index (χ3n) is 7.08. The van der Waals surface area contributed by atoms with Gasteiger partial charge < -0.3 is 25.7 Å². The zero-order chi connectivity index (χ0) is 28.8. The van der Waals surface area contributed by atoms with Gasteiger partial charge in [0.2, 0.25) is 5.91 Å². The number of nitrogens with two attached hydrogens (primary N) is 1. The minimum Gasteiger partial charge on any atom is -0.492 e. The highest BCUT2D eigenvalue weighted by Gasteiger charge is 2.28. The number of benzene rings is 3. The molecule has 0 saturated heterocycles. The van der Waals surface area contributed by atoms with Crippen LogP contribution in [-0.4, -0.2) is 34.0 Å². The molecule has 0 fully saturated rings. The van der Waals surface area contributed by atoms with Crippen molar-refractivity contribution in [2.24, 2.45) is 5.73 Å². The van der Waals surface area contributed by atoms with Gasteiger partial charge in [-0.25, -0.2) is 9.37 Å². The molecular formula is C31H29FN6O3. The van der Waals surface area contributed by atoms with Crippen molar-refractivity contribution in [1.82, 2.24) is 20.2 Å². The van der Waals surface area contributed by atoms with Crippen molar-refractivity contribution in [1.29, 1.82) is 5.26 Å². The minimum absolute atomic E-state index is 0.0732. The maximum atomic E-state index is 13.3. The molecule has 0 aliphatic carbocycles. The molecule has 208 valence electrons. The molecule has 2 unspecified atom stereocenters. The lowest BCUT2D eigenvalue weighted by Crippen LogP contribution is -2.46. The van der Waals surface area contributed by atoms with Crippen molar-refractivity contribution in [2.45, 2.75) is 38.0 Å². The molecule has 0 spiro atoms. The van der Waals surface area contributed by atoms with Gasteiger partial charge in [0.25, 0.3) is 5.91 Å². The average Bonchev–Trinajstić information content (AvgIpc) is 3.43. The fourth-order valence-corrected chi connectivity index (χ4v) is 4.88. The van der Waals surface area contributed by atoms with Crippen molar-refractivity contribution < 1.29 is 18.7 Å². The molecule has 0 bridgehead atoms. The van der Waals surface area contributed by atoms with Crippen molar-refractivity contribution in [3.63, 3.8) is 0 Å². The summed E-state index contributed by atoms with van der Waals surface area (Å²) in [6, 6.07) is 19.6. The number of imidazole rings is 1. The lowest BCUT2D eigenvalue weighted by atomic mass is 9.96. The Balaban J connectivity index is 1.27. The summed E-state index contributed by atoms with van der Waals surface area (Å²) in [4.78, 5) is 29.7. The molecule has 2 heterocycles. The SMILES string of the molecule is N#Cc1ccc(Cn2cncc2CNC2CCOc3c(C(=O)NC(Cc4ccc(F)cc4)C(N)=O)cccc32)cc1. The highest BCUT2D eigenvalue weighted by Crippen LogP contribution is 2.35. The van der Waals surface area contributed by atoms with Gasteiger partial charge in [-0.05, 0) is 41.5 Å². The number of ether oxygens (including phenoxy) is 1. The van der Waals surface area contributed by atoms with Crippen molar-refractivity contribution in [3.05, 3.63) is 119 Å². The topological polar surface area (TPSA) is 135 Å². The molecule has 0 saturated carbocycles. The number of nitrogens with one attached hydrogen (secondary N) is 2. The number of amides is 2. The molecule has 41 heavy (non-hydrogen) atoms. The van der Waals surface area contributed by atoms with E-state index in [4.69, 9.17) is 15.7 Å². The normalized spacial score (nSPS) is 14.8. The Kier molecular flexibility index (Phi) is 8.36. The van der Waals surface area contributed by atoms with Crippen LogP contribution in [-0.2, 0) is 24.3 Å². The molecule has 10 heteroatoms. The van der Waals surface area contributed by atoms with Crippen molar-refractivity contribution in [3.8, 4) is 11.8 Å². The zero-order valence-electron chi connectivity index (χ0n) is 22.2. The van der Waals surface area contributed by atoms with Crippen LogP contribution in [0, 0.1) is 17.1 Å². The number of nitriles is 1. The summed E-state index contributed by atoms with van der Waals surface area (Å²) in [5, 5.41) is 15.3. The highest BCUT2D eigenvalue weighted by molar-refractivity contribution is 6.00. The molecule has 1 aromatic heterocycles. The molecular weight excluding hydrogens is 523 g/mol. The summed E-state index contributed by atoms with van der Waals surface area (Å²) >= 11 is 0. The maximum Gasteiger partial charge on any atom is 0.255 e. The van der Waals surface area contributed by atoms with Gasteiger partial charge >= 0.3 is 0 Å². The van der Waals surface area contributed by atoms with Gasteiger partial charge in [0.15, 0.2) is 0 Å². The first-order valence-corrected chi connectivity index (χ1v) is 13.2. The zero-order valence-corrected chi connectivity index (χ0v) is 22.2. The standard InChI is InChI=1S/C31H29FN6O3/c32-23-10-8-20(9-11-23)14-28(30(34)39)37-31(40)26-3-1-2-25-27(12-13-41-29(25)26)36-17-24-16-35-19-38(24)18-22-6-4-21(15-33)5-7-22/h1-11,16,19,27-28,36H,12-14,17-18H2,(H2,34,39)(H,37,40). The van der Waals surface area contributed by atoms with Crippen LogP contribution in [0.2, 0.25) is 0 Å². The van der Waals surface area contributed by atoms with E-state index in [9.17, 15) is 14.0 Å². The third-order valence-corrected chi connectivity index (χ3v) is 7.08. The smallest absolute Gasteiger partial charge is 0.255 e. The van der Waals surface area contributed by atoms with E-state index >= 15 is 0 Å². The van der Waals surface area contributed by atoms with Gasteiger partial charge in [-0.2, -0.15) is 5.26 Å². The van der Waals surface area contributed by atoms with Crippen LogP contribution in [0.1, 0.15) is 50.8 Å². The lowest BCUT2D eigenvalue weighted by molar-refractivity contribution is -0.119. The number of primary amides is 1. The molecule has 1 aliphatic heterocycles. The van der Waals surface area contributed by atoms with Gasteiger partial charge in [-0.1, -0.05) is 36.4 Å². The number of carbonyl (C=O) groups is 2. The van der Waals surface area contributed by atoms with E-state index in [0.717, 1.165) is 16.8 Å². The molecule has 4 N–H and O–H groups in total. The maximum absolute atomic E-state index is 13.3. The molecule has 9 nitrogen and oxygen atoms in total. The lowest BCUT2D eigenvalue weighted by Gasteiger charge is -2.28. The fourth-order valence-electron chi connectivity index (χ4n) is 4.88. The predicted molar refractivity (Wildman–Crippen MR) is 149 cm³/mol. The number of aromatic nitrogens is 2. The van der Waals surface area contributed by atoms with Crippen LogP contribution in [0.4, 0.5) is 4.39 Å². The predicted octanol–water partition coefficient (Wildman–Crippen LogP) is 3.38. The number of carbonyl (C=O) groups excluding carboxylic acids is 2. The first kappa shape index (κ1) is 27.6. The number of para-hydroxylation sites is 1. The van der Waals surface area contributed by atoms with E-state index < -0.39 is 17.9 Å². The number of nitrogens with zero attached hydrogens (tertiary/aromatic N) is 3. The van der Waals surface area contributed by atoms with Crippen LogP contribution < -0.4 is 21.1 Å². The second-order valence-corrected chi connectivity index (χ2v) is 9.88. The fraction of sp³-hybridized carbons (Fsp3) is 0.226. The molecule has 3 aromatic carbocycles. The Morgan fingerprint density at radius 1 is 1.12 bits per heavy atom.